The van der Waals surface area contributed by atoms with E-state index >= 15 is 0 Å². The third kappa shape index (κ3) is 6.25. The first-order chi connectivity index (χ1) is 19.9. The fraction of sp³-hybridized carbons (Fsp3) is 0.176. The molecule has 0 saturated heterocycles. The molecule has 5 aromatic rings. The number of aromatic nitrogens is 1. The van der Waals surface area contributed by atoms with Crippen molar-refractivity contribution in [3.8, 4) is 5.69 Å². The minimum atomic E-state index is -0.466. The van der Waals surface area contributed by atoms with Gasteiger partial charge in [-0.15, -0.1) is 0 Å². The van der Waals surface area contributed by atoms with Crippen molar-refractivity contribution in [2.24, 2.45) is 10.3 Å². The lowest BCUT2D eigenvalue weighted by atomic mass is 10.00. The van der Waals surface area contributed by atoms with E-state index in [1.807, 2.05) is 67.6 Å². The zero-order chi connectivity index (χ0) is 28.8. The predicted octanol–water partition coefficient (Wildman–Crippen LogP) is 7.36. The van der Waals surface area contributed by atoms with Gasteiger partial charge < -0.3 is 14.2 Å². The van der Waals surface area contributed by atoms with Crippen molar-refractivity contribution in [3.05, 3.63) is 114 Å². The zero-order valence-electron chi connectivity index (χ0n) is 23.3. The second-order valence-electron chi connectivity index (χ2n) is 9.83. The number of fused-ring (bicyclic) bond motifs is 2. The van der Waals surface area contributed by atoms with E-state index in [9.17, 15) is 9.59 Å². The molecule has 0 amide bonds. The van der Waals surface area contributed by atoms with Gasteiger partial charge in [-0.05, 0) is 49.3 Å². The van der Waals surface area contributed by atoms with Crippen molar-refractivity contribution < 1.29 is 19.3 Å². The van der Waals surface area contributed by atoms with E-state index in [0.717, 1.165) is 57.0 Å². The molecule has 0 atom stereocenters. The SMILES string of the molecule is CC(=O)O/N=C(\C)c1ccc(-n2cc(/C(CCCc3ccccc3)=N/OC(C)=O)c3ccccc32)c2ccccc12. The van der Waals surface area contributed by atoms with Gasteiger partial charge in [-0.2, -0.15) is 0 Å². The van der Waals surface area contributed by atoms with Gasteiger partial charge in [-0.25, -0.2) is 9.59 Å². The van der Waals surface area contributed by atoms with Crippen LogP contribution in [0.2, 0.25) is 0 Å². The summed E-state index contributed by atoms with van der Waals surface area (Å²) in [7, 11) is 0. The van der Waals surface area contributed by atoms with Gasteiger partial charge in [0, 0.05) is 41.9 Å². The van der Waals surface area contributed by atoms with Gasteiger partial charge in [0.2, 0.25) is 0 Å². The van der Waals surface area contributed by atoms with Gasteiger partial charge in [0.05, 0.1) is 22.6 Å². The van der Waals surface area contributed by atoms with E-state index in [1.165, 1.54) is 19.4 Å². The highest BCUT2D eigenvalue weighted by molar-refractivity contribution is 6.13. The van der Waals surface area contributed by atoms with Gasteiger partial charge in [-0.1, -0.05) is 89.2 Å². The Morgan fingerprint density at radius 1 is 0.683 bits per heavy atom. The number of nitrogens with zero attached hydrogens (tertiary/aromatic N) is 3. The van der Waals surface area contributed by atoms with Gasteiger partial charge in [-0.3, -0.25) is 0 Å². The maximum absolute atomic E-state index is 11.7. The molecule has 7 nitrogen and oxygen atoms in total. The molecule has 41 heavy (non-hydrogen) atoms. The molecule has 0 aliphatic rings. The summed E-state index contributed by atoms with van der Waals surface area (Å²) in [5, 5.41) is 11.3. The van der Waals surface area contributed by atoms with E-state index < -0.39 is 11.9 Å². The number of hydrogen-bond donors (Lipinski definition) is 0. The summed E-state index contributed by atoms with van der Waals surface area (Å²) >= 11 is 0. The summed E-state index contributed by atoms with van der Waals surface area (Å²) in [5.74, 6) is -0.923. The van der Waals surface area contributed by atoms with Gasteiger partial charge >= 0.3 is 11.9 Å². The molecule has 4 aromatic carbocycles. The van der Waals surface area contributed by atoms with E-state index in [0.29, 0.717) is 12.1 Å². The Kier molecular flexibility index (Phi) is 8.34. The van der Waals surface area contributed by atoms with Crippen LogP contribution in [0.4, 0.5) is 0 Å². The molecule has 0 bridgehead atoms. The molecule has 206 valence electrons. The van der Waals surface area contributed by atoms with Crippen molar-refractivity contribution in [3.63, 3.8) is 0 Å². The number of benzene rings is 4. The van der Waals surface area contributed by atoms with Crippen molar-refractivity contribution in [2.75, 3.05) is 0 Å². The summed E-state index contributed by atoms with van der Waals surface area (Å²) < 4.78 is 2.15. The molecule has 0 saturated carbocycles. The van der Waals surface area contributed by atoms with Gasteiger partial charge in [0.1, 0.15) is 0 Å². The number of aryl methyl sites for hydroxylation is 1. The monoisotopic (exact) mass is 545 g/mol. The van der Waals surface area contributed by atoms with Crippen LogP contribution in [-0.4, -0.2) is 27.9 Å². The minimum Gasteiger partial charge on any atom is -0.318 e. The Bertz CT molecular complexity index is 1780. The Labute approximate surface area is 238 Å². The number of carbonyl (C=O) groups is 2. The molecule has 1 heterocycles. The summed E-state index contributed by atoms with van der Waals surface area (Å²) in [6.45, 7) is 4.50. The molecule has 0 fully saturated rings. The van der Waals surface area contributed by atoms with Crippen molar-refractivity contribution in [1.29, 1.82) is 0 Å². The number of oxime groups is 2. The molecule has 0 N–H and O–H groups in total. The highest BCUT2D eigenvalue weighted by atomic mass is 16.7. The van der Waals surface area contributed by atoms with E-state index in [1.54, 1.807) is 0 Å². The predicted molar refractivity (Wildman–Crippen MR) is 162 cm³/mol. The summed E-state index contributed by atoms with van der Waals surface area (Å²) in [5.41, 5.74) is 6.34. The van der Waals surface area contributed by atoms with Crippen molar-refractivity contribution in [1.82, 2.24) is 4.57 Å². The molecule has 5 rings (SSSR count). The molecule has 0 spiro atoms. The smallest absolute Gasteiger partial charge is 0.318 e. The zero-order valence-corrected chi connectivity index (χ0v) is 23.3. The first-order valence-electron chi connectivity index (χ1n) is 13.6. The first-order valence-corrected chi connectivity index (χ1v) is 13.6. The summed E-state index contributed by atoms with van der Waals surface area (Å²) in [4.78, 5) is 33.1. The molecular weight excluding hydrogens is 514 g/mol. The Morgan fingerprint density at radius 3 is 2.05 bits per heavy atom. The first kappa shape index (κ1) is 27.5. The summed E-state index contributed by atoms with van der Waals surface area (Å²) in [6.07, 6.45) is 4.44. The van der Waals surface area contributed by atoms with Crippen LogP contribution in [0.1, 0.15) is 50.3 Å². The highest BCUT2D eigenvalue weighted by Gasteiger charge is 2.18. The third-order valence-corrected chi connectivity index (χ3v) is 6.89. The van der Waals surface area contributed by atoms with E-state index in [-0.39, 0.29) is 0 Å². The number of rotatable bonds is 9. The fourth-order valence-corrected chi connectivity index (χ4v) is 5.05. The van der Waals surface area contributed by atoms with E-state index in [4.69, 9.17) is 9.68 Å². The Morgan fingerprint density at radius 2 is 1.32 bits per heavy atom. The van der Waals surface area contributed by atoms with Gasteiger partial charge in [0.25, 0.3) is 0 Å². The van der Waals surface area contributed by atoms with Crippen LogP contribution < -0.4 is 0 Å². The third-order valence-electron chi connectivity index (χ3n) is 6.89. The second kappa shape index (κ2) is 12.4. The molecular formula is C34H31N3O4. The fourth-order valence-electron chi connectivity index (χ4n) is 5.05. The van der Waals surface area contributed by atoms with Crippen LogP contribution >= 0.6 is 0 Å². The molecule has 1 aromatic heterocycles. The number of carbonyl (C=O) groups excluding carboxylic acids is 2. The normalized spacial score (nSPS) is 12.1. The van der Waals surface area contributed by atoms with E-state index in [2.05, 4.69) is 51.4 Å². The Balaban J connectivity index is 1.59. The highest BCUT2D eigenvalue weighted by Crippen LogP contribution is 2.32. The van der Waals surface area contributed by atoms with Crippen LogP contribution in [0, 0.1) is 0 Å². The number of para-hydroxylation sites is 1. The van der Waals surface area contributed by atoms with Crippen molar-refractivity contribution >= 4 is 45.0 Å². The van der Waals surface area contributed by atoms with Crippen LogP contribution in [0.15, 0.2) is 108 Å². The minimum absolute atomic E-state index is 0.457. The van der Waals surface area contributed by atoms with Crippen LogP contribution in [0.25, 0.3) is 27.4 Å². The van der Waals surface area contributed by atoms with Crippen molar-refractivity contribution in [2.45, 2.75) is 40.0 Å². The number of hydrogen-bond acceptors (Lipinski definition) is 6. The largest absolute Gasteiger partial charge is 0.331 e. The quantitative estimate of drug-likeness (QED) is 0.110. The lowest BCUT2D eigenvalue weighted by Gasteiger charge is -2.13. The lowest BCUT2D eigenvalue weighted by Crippen LogP contribution is -2.05. The average Bonchev–Trinajstić information content (AvgIpc) is 3.37. The molecule has 0 unspecified atom stereocenters. The standard InChI is InChI=1S/C34H31N3O4/c1-23(35-40-24(2)38)27-20-21-34(29-16-8-7-15-28(27)29)37-22-31(30-17-9-10-19-33(30)37)32(36-41-25(3)39)18-11-14-26-12-5-4-6-13-26/h4-10,12-13,15-17,19-22H,11,14,18H2,1-3H3/b35-23+,36-32+. The van der Waals surface area contributed by atoms with Crippen LogP contribution in [0.5, 0.6) is 0 Å². The second-order valence-corrected chi connectivity index (χ2v) is 9.83. The van der Waals surface area contributed by atoms with Gasteiger partial charge in [0.15, 0.2) is 0 Å². The molecule has 0 radical (unpaired) electrons. The maximum atomic E-state index is 11.7. The van der Waals surface area contributed by atoms with Crippen LogP contribution in [-0.2, 0) is 25.7 Å². The average molecular weight is 546 g/mol. The maximum Gasteiger partial charge on any atom is 0.331 e. The Hall–Kier alpha value is -5.04. The molecule has 0 aliphatic carbocycles. The lowest BCUT2D eigenvalue weighted by molar-refractivity contribution is -0.141. The van der Waals surface area contributed by atoms with Crippen LogP contribution in [0.3, 0.4) is 0 Å². The molecule has 7 heteroatoms. The topological polar surface area (TPSA) is 82.2 Å². The summed E-state index contributed by atoms with van der Waals surface area (Å²) in [6, 6.07) is 30.6. The molecule has 0 aliphatic heterocycles.